The van der Waals surface area contributed by atoms with Gasteiger partial charge in [-0.05, 0) is 43.6 Å². The maximum absolute atomic E-state index is 12.6. The fourth-order valence-corrected chi connectivity index (χ4v) is 3.73. The summed E-state index contributed by atoms with van der Waals surface area (Å²) in [7, 11) is 1.63. The molecule has 1 atom stereocenters. The number of hydrogen-bond acceptors (Lipinski definition) is 4. The highest BCUT2D eigenvalue weighted by Gasteiger charge is 2.29. The molecule has 1 unspecified atom stereocenters. The Bertz CT molecular complexity index is 649. The fourth-order valence-electron chi connectivity index (χ4n) is 3.73. The van der Waals surface area contributed by atoms with E-state index in [-0.39, 0.29) is 24.5 Å². The van der Waals surface area contributed by atoms with Gasteiger partial charge in [-0.3, -0.25) is 4.79 Å². The van der Waals surface area contributed by atoms with Crippen LogP contribution in [0.1, 0.15) is 25.3 Å². The van der Waals surface area contributed by atoms with Crippen molar-refractivity contribution in [3.63, 3.8) is 0 Å². The van der Waals surface area contributed by atoms with Crippen molar-refractivity contribution in [3.8, 4) is 5.75 Å². The minimum Gasteiger partial charge on any atom is -0.497 e. The van der Waals surface area contributed by atoms with Gasteiger partial charge in [0.25, 0.3) is 0 Å². The summed E-state index contributed by atoms with van der Waals surface area (Å²) in [6.45, 7) is 6.99. The minimum absolute atomic E-state index is 0.00829. The predicted octanol–water partition coefficient (Wildman–Crippen LogP) is 1.53. The summed E-state index contributed by atoms with van der Waals surface area (Å²) < 4.78 is 5.16. The normalized spacial score (nSPS) is 21.3. The first kappa shape index (κ1) is 19.5. The first-order valence-electron chi connectivity index (χ1n) is 9.77. The monoisotopic (exact) mass is 374 g/mol. The number of amides is 3. The molecule has 7 nitrogen and oxygen atoms in total. The zero-order valence-corrected chi connectivity index (χ0v) is 16.3. The van der Waals surface area contributed by atoms with Gasteiger partial charge < -0.3 is 24.8 Å². The number of hydrogen-bond donors (Lipinski definition) is 1. The predicted molar refractivity (Wildman–Crippen MR) is 104 cm³/mol. The summed E-state index contributed by atoms with van der Waals surface area (Å²) in [4.78, 5) is 30.9. The van der Waals surface area contributed by atoms with Crippen molar-refractivity contribution in [1.29, 1.82) is 0 Å². The number of carbonyl (C=O) groups excluding carboxylic acids is 2. The third-order valence-corrected chi connectivity index (χ3v) is 5.42. The second-order valence-corrected chi connectivity index (χ2v) is 7.27. The number of likely N-dealkylation sites (tertiary alicyclic amines) is 1. The molecular formula is C20H30N4O3. The van der Waals surface area contributed by atoms with Gasteiger partial charge >= 0.3 is 6.03 Å². The van der Waals surface area contributed by atoms with Gasteiger partial charge in [0.15, 0.2) is 0 Å². The molecule has 2 aliphatic heterocycles. The standard InChI is InChI=1S/C20H30N4O3/c1-3-22-10-4-5-17(14-22)21-20(26)24-12-11-23(19(25)15-24)13-16-6-8-18(27-2)9-7-16/h6-9,17H,3-5,10-15H2,1-2H3,(H,21,26). The lowest BCUT2D eigenvalue weighted by atomic mass is 10.1. The molecule has 1 aromatic rings. The summed E-state index contributed by atoms with van der Waals surface area (Å²) in [5.74, 6) is 0.793. The second kappa shape index (κ2) is 9.08. The van der Waals surface area contributed by atoms with Crippen molar-refractivity contribution >= 4 is 11.9 Å². The van der Waals surface area contributed by atoms with Crippen LogP contribution in [0.3, 0.4) is 0 Å². The number of piperazine rings is 1. The van der Waals surface area contributed by atoms with Crippen LogP contribution in [0, 0.1) is 0 Å². The van der Waals surface area contributed by atoms with E-state index >= 15 is 0 Å². The largest absolute Gasteiger partial charge is 0.497 e. The van der Waals surface area contributed by atoms with Crippen molar-refractivity contribution in [2.75, 3.05) is 46.4 Å². The number of piperidine rings is 1. The van der Waals surface area contributed by atoms with Crippen LogP contribution in [-0.4, -0.2) is 79.1 Å². The maximum Gasteiger partial charge on any atom is 0.318 e. The number of benzene rings is 1. The van der Waals surface area contributed by atoms with Gasteiger partial charge in [0.2, 0.25) is 5.91 Å². The third-order valence-electron chi connectivity index (χ3n) is 5.42. The quantitative estimate of drug-likeness (QED) is 0.849. The minimum atomic E-state index is -0.115. The lowest BCUT2D eigenvalue weighted by Crippen LogP contribution is -2.57. The number of nitrogens with zero attached hydrogens (tertiary/aromatic N) is 3. The molecule has 0 aromatic heterocycles. The highest BCUT2D eigenvalue weighted by Crippen LogP contribution is 2.15. The highest BCUT2D eigenvalue weighted by atomic mass is 16.5. The number of methoxy groups -OCH3 is 1. The van der Waals surface area contributed by atoms with Gasteiger partial charge in [0, 0.05) is 32.2 Å². The Balaban J connectivity index is 1.48. The molecular weight excluding hydrogens is 344 g/mol. The maximum atomic E-state index is 12.6. The first-order valence-corrected chi connectivity index (χ1v) is 9.77. The van der Waals surface area contributed by atoms with E-state index in [1.807, 2.05) is 29.2 Å². The van der Waals surface area contributed by atoms with Crippen molar-refractivity contribution in [1.82, 2.24) is 20.0 Å². The van der Waals surface area contributed by atoms with E-state index in [9.17, 15) is 9.59 Å². The van der Waals surface area contributed by atoms with E-state index in [2.05, 4.69) is 17.1 Å². The first-order chi connectivity index (χ1) is 13.1. The van der Waals surface area contributed by atoms with Crippen molar-refractivity contribution in [2.45, 2.75) is 32.4 Å². The van der Waals surface area contributed by atoms with E-state index in [0.717, 1.165) is 43.8 Å². The number of ether oxygens (including phenoxy) is 1. The summed E-state index contributed by atoms with van der Waals surface area (Å²) in [5.41, 5.74) is 1.06. The number of rotatable bonds is 5. The number of likely N-dealkylation sites (N-methyl/N-ethyl adjacent to an activating group) is 1. The molecule has 7 heteroatoms. The van der Waals surface area contributed by atoms with Gasteiger partial charge in [0.1, 0.15) is 12.3 Å². The Kier molecular flexibility index (Phi) is 6.55. The SMILES string of the molecule is CCN1CCCC(NC(=O)N2CCN(Cc3ccc(OC)cc3)C(=O)C2)C1. The average Bonchev–Trinajstić information content (AvgIpc) is 2.70. The van der Waals surface area contributed by atoms with E-state index < -0.39 is 0 Å². The summed E-state index contributed by atoms with van der Waals surface area (Å²) >= 11 is 0. The zero-order valence-electron chi connectivity index (χ0n) is 16.3. The van der Waals surface area contributed by atoms with Crippen LogP contribution in [0.2, 0.25) is 0 Å². The molecule has 0 spiro atoms. The van der Waals surface area contributed by atoms with Crippen LogP contribution in [-0.2, 0) is 11.3 Å². The van der Waals surface area contributed by atoms with E-state index in [1.165, 1.54) is 0 Å². The van der Waals surface area contributed by atoms with Crippen LogP contribution >= 0.6 is 0 Å². The number of nitrogens with one attached hydrogen (secondary N) is 1. The molecule has 2 aliphatic rings. The zero-order chi connectivity index (χ0) is 19.2. The highest BCUT2D eigenvalue weighted by molar-refractivity contribution is 5.85. The van der Waals surface area contributed by atoms with Crippen LogP contribution in [0.15, 0.2) is 24.3 Å². The van der Waals surface area contributed by atoms with Gasteiger partial charge in [-0.1, -0.05) is 19.1 Å². The van der Waals surface area contributed by atoms with Crippen LogP contribution in [0.4, 0.5) is 4.79 Å². The molecule has 27 heavy (non-hydrogen) atoms. The number of carbonyl (C=O) groups is 2. The van der Waals surface area contributed by atoms with Gasteiger partial charge in [0.05, 0.1) is 7.11 Å². The molecule has 1 N–H and O–H groups in total. The van der Waals surface area contributed by atoms with E-state index in [0.29, 0.717) is 19.6 Å². The molecule has 0 radical (unpaired) electrons. The molecule has 3 rings (SSSR count). The van der Waals surface area contributed by atoms with Crippen LogP contribution < -0.4 is 10.1 Å². The summed E-state index contributed by atoms with van der Waals surface area (Å²) in [6.07, 6.45) is 2.11. The molecule has 2 fully saturated rings. The third kappa shape index (κ3) is 5.13. The number of urea groups is 1. The van der Waals surface area contributed by atoms with Crippen molar-refractivity contribution in [3.05, 3.63) is 29.8 Å². The lowest BCUT2D eigenvalue weighted by molar-refractivity contribution is -0.135. The smallest absolute Gasteiger partial charge is 0.318 e. The van der Waals surface area contributed by atoms with Crippen LogP contribution in [0.5, 0.6) is 5.75 Å². The molecule has 148 valence electrons. The van der Waals surface area contributed by atoms with Gasteiger partial charge in [-0.15, -0.1) is 0 Å². The molecule has 0 saturated carbocycles. The van der Waals surface area contributed by atoms with E-state index in [4.69, 9.17) is 4.74 Å². The molecule has 2 heterocycles. The Morgan fingerprint density at radius 1 is 1.22 bits per heavy atom. The average molecular weight is 374 g/mol. The molecule has 2 saturated heterocycles. The molecule has 0 aliphatic carbocycles. The fraction of sp³-hybridized carbons (Fsp3) is 0.600. The molecule has 1 aromatic carbocycles. The Morgan fingerprint density at radius 2 is 2.00 bits per heavy atom. The van der Waals surface area contributed by atoms with E-state index in [1.54, 1.807) is 12.0 Å². The molecule has 3 amide bonds. The van der Waals surface area contributed by atoms with Crippen molar-refractivity contribution in [2.24, 2.45) is 0 Å². The Hall–Kier alpha value is -2.28. The lowest BCUT2D eigenvalue weighted by Gasteiger charge is -2.37. The Morgan fingerprint density at radius 3 is 2.67 bits per heavy atom. The van der Waals surface area contributed by atoms with Crippen LogP contribution in [0.25, 0.3) is 0 Å². The second-order valence-electron chi connectivity index (χ2n) is 7.27. The van der Waals surface area contributed by atoms with Gasteiger partial charge in [-0.25, -0.2) is 4.79 Å². The summed E-state index contributed by atoms with van der Waals surface area (Å²) in [6, 6.07) is 7.79. The Labute approximate surface area is 161 Å². The topological polar surface area (TPSA) is 65.1 Å². The van der Waals surface area contributed by atoms with Gasteiger partial charge in [-0.2, -0.15) is 0 Å². The molecule has 0 bridgehead atoms. The van der Waals surface area contributed by atoms with Crippen molar-refractivity contribution < 1.29 is 14.3 Å². The summed E-state index contributed by atoms with van der Waals surface area (Å²) in [5, 5.41) is 3.11.